The summed E-state index contributed by atoms with van der Waals surface area (Å²) in [6.07, 6.45) is 1.41. The van der Waals surface area contributed by atoms with Gasteiger partial charge >= 0.3 is 0 Å². The summed E-state index contributed by atoms with van der Waals surface area (Å²) in [5, 5.41) is 2.56. The first kappa shape index (κ1) is 8.74. The van der Waals surface area contributed by atoms with E-state index in [1.54, 1.807) is 12.1 Å². The third kappa shape index (κ3) is 1.46. The fourth-order valence-corrected chi connectivity index (χ4v) is 1.28. The minimum atomic E-state index is 0.637. The molecule has 0 saturated heterocycles. The molecule has 0 unspecified atom stereocenters. The highest BCUT2D eigenvalue weighted by atomic mass is 16.3. The number of anilines is 1. The van der Waals surface area contributed by atoms with Crippen molar-refractivity contribution in [2.75, 3.05) is 5.32 Å². The summed E-state index contributed by atoms with van der Waals surface area (Å²) in [4.78, 5) is 14.5. The Morgan fingerprint density at radius 3 is 3.14 bits per heavy atom. The Balaban J connectivity index is 2.48. The predicted molar refractivity (Wildman–Crippen MR) is 53.1 cm³/mol. The number of oxazole rings is 1. The van der Waals surface area contributed by atoms with Crippen molar-refractivity contribution < 1.29 is 9.21 Å². The number of hydrogen-bond donors (Lipinski definition) is 1. The topological polar surface area (TPSA) is 55.1 Å². The van der Waals surface area contributed by atoms with Crippen LogP contribution in [-0.4, -0.2) is 11.4 Å². The van der Waals surface area contributed by atoms with Crippen molar-refractivity contribution in [1.29, 1.82) is 0 Å². The van der Waals surface area contributed by atoms with E-state index in [-0.39, 0.29) is 0 Å². The van der Waals surface area contributed by atoms with Crippen molar-refractivity contribution >= 4 is 23.2 Å². The number of aryl methyl sites for hydroxylation is 1. The number of rotatable bonds is 3. The first-order chi connectivity index (χ1) is 6.83. The first-order valence-corrected chi connectivity index (χ1v) is 4.43. The SMILES string of the molecule is CCc1nc2ccc(NC=O)cc2o1. The van der Waals surface area contributed by atoms with E-state index >= 15 is 0 Å². The number of fused-ring (bicyclic) bond motifs is 1. The monoisotopic (exact) mass is 190 g/mol. The Labute approximate surface area is 80.9 Å². The molecule has 0 saturated carbocycles. The summed E-state index contributed by atoms with van der Waals surface area (Å²) < 4.78 is 5.44. The van der Waals surface area contributed by atoms with Gasteiger partial charge in [-0.2, -0.15) is 0 Å². The number of carbonyl (C=O) groups is 1. The summed E-state index contributed by atoms with van der Waals surface area (Å²) in [5.41, 5.74) is 2.23. The summed E-state index contributed by atoms with van der Waals surface area (Å²) in [6.45, 7) is 1.98. The molecule has 1 N–H and O–H groups in total. The number of amides is 1. The molecule has 72 valence electrons. The van der Waals surface area contributed by atoms with Crippen LogP contribution in [0.2, 0.25) is 0 Å². The molecule has 2 rings (SSSR count). The van der Waals surface area contributed by atoms with Crippen LogP contribution >= 0.6 is 0 Å². The molecule has 0 atom stereocenters. The molecule has 2 aromatic rings. The molecule has 0 aliphatic heterocycles. The zero-order valence-corrected chi connectivity index (χ0v) is 7.78. The largest absolute Gasteiger partial charge is 0.441 e. The molecule has 0 aliphatic carbocycles. The molecule has 1 heterocycles. The van der Waals surface area contributed by atoms with Crippen molar-refractivity contribution in [3.8, 4) is 0 Å². The fourth-order valence-electron chi connectivity index (χ4n) is 1.28. The van der Waals surface area contributed by atoms with Crippen LogP contribution < -0.4 is 5.32 Å². The van der Waals surface area contributed by atoms with Gasteiger partial charge in [0.25, 0.3) is 0 Å². The van der Waals surface area contributed by atoms with Crippen LogP contribution in [0.25, 0.3) is 11.1 Å². The molecular formula is C10H10N2O2. The van der Waals surface area contributed by atoms with E-state index in [0.717, 1.165) is 11.9 Å². The molecule has 4 heteroatoms. The van der Waals surface area contributed by atoms with Gasteiger partial charge in [0.1, 0.15) is 5.52 Å². The molecule has 1 aromatic carbocycles. The van der Waals surface area contributed by atoms with Crippen molar-refractivity contribution in [3.63, 3.8) is 0 Å². The second-order valence-electron chi connectivity index (χ2n) is 2.91. The maximum Gasteiger partial charge on any atom is 0.211 e. The second kappa shape index (κ2) is 3.49. The molecule has 1 aromatic heterocycles. The number of carbonyl (C=O) groups excluding carboxylic acids is 1. The van der Waals surface area contributed by atoms with Crippen LogP contribution in [0.1, 0.15) is 12.8 Å². The van der Waals surface area contributed by atoms with Gasteiger partial charge in [0, 0.05) is 18.2 Å². The summed E-state index contributed by atoms with van der Waals surface area (Å²) >= 11 is 0. The molecule has 4 nitrogen and oxygen atoms in total. The Kier molecular flexibility index (Phi) is 2.18. The Bertz CT molecular complexity index is 462. The number of nitrogens with one attached hydrogen (secondary N) is 1. The summed E-state index contributed by atoms with van der Waals surface area (Å²) in [5.74, 6) is 0.711. The third-order valence-corrected chi connectivity index (χ3v) is 1.96. The normalized spacial score (nSPS) is 10.4. The van der Waals surface area contributed by atoms with Crippen molar-refractivity contribution in [2.24, 2.45) is 0 Å². The van der Waals surface area contributed by atoms with Gasteiger partial charge in [0.2, 0.25) is 6.41 Å². The van der Waals surface area contributed by atoms with Gasteiger partial charge in [0.05, 0.1) is 0 Å². The molecule has 1 amide bonds. The lowest BCUT2D eigenvalue weighted by atomic mass is 10.3. The minimum Gasteiger partial charge on any atom is -0.441 e. The van der Waals surface area contributed by atoms with Crippen molar-refractivity contribution in [2.45, 2.75) is 13.3 Å². The lowest BCUT2D eigenvalue weighted by molar-refractivity contribution is -0.105. The zero-order valence-electron chi connectivity index (χ0n) is 7.78. The van der Waals surface area contributed by atoms with Gasteiger partial charge < -0.3 is 9.73 Å². The highest BCUT2D eigenvalue weighted by molar-refractivity contribution is 5.81. The van der Waals surface area contributed by atoms with E-state index in [4.69, 9.17) is 4.42 Å². The molecule has 0 radical (unpaired) electrons. The quantitative estimate of drug-likeness (QED) is 0.752. The van der Waals surface area contributed by atoms with Gasteiger partial charge in [-0.25, -0.2) is 4.98 Å². The Morgan fingerprint density at radius 1 is 1.57 bits per heavy atom. The fraction of sp³-hybridized carbons (Fsp3) is 0.200. The van der Waals surface area contributed by atoms with Crippen molar-refractivity contribution in [1.82, 2.24) is 4.98 Å². The van der Waals surface area contributed by atoms with Gasteiger partial charge in [-0.05, 0) is 12.1 Å². The van der Waals surface area contributed by atoms with Crippen molar-refractivity contribution in [3.05, 3.63) is 24.1 Å². The number of aromatic nitrogens is 1. The maximum absolute atomic E-state index is 10.2. The molecular weight excluding hydrogens is 180 g/mol. The third-order valence-electron chi connectivity index (χ3n) is 1.96. The van der Waals surface area contributed by atoms with Crippen LogP contribution in [-0.2, 0) is 11.2 Å². The molecule has 0 aliphatic rings. The van der Waals surface area contributed by atoms with Crippen LogP contribution in [0.5, 0.6) is 0 Å². The van der Waals surface area contributed by atoms with E-state index in [2.05, 4.69) is 10.3 Å². The van der Waals surface area contributed by atoms with Gasteiger partial charge in [-0.3, -0.25) is 4.79 Å². The number of benzene rings is 1. The predicted octanol–water partition coefficient (Wildman–Crippen LogP) is 1.96. The smallest absolute Gasteiger partial charge is 0.211 e. The van der Waals surface area contributed by atoms with Gasteiger partial charge in [-0.1, -0.05) is 6.92 Å². The lowest BCUT2D eigenvalue weighted by Gasteiger charge is -1.95. The van der Waals surface area contributed by atoms with E-state index in [1.807, 2.05) is 13.0 Å². The van der Waals surface area contributed by atoms with Gasteiger partial charge in [0.15, 0.2) is 11.5 Å². The highest BCUT2D eigenvalue weighted by Gasteiger charge is 2.03. The van der Waals surface area contributed by atoms with Crippen LogP contribution in [0.3, 0.4) is 0 Å². The summed E-state index contributed by atoms with van der Waals surface area (Å²) in [6, 6.07) is 5.37. The average Bonchev–Trinajstić information content (AvgIpc) is 2.60. The minimum absolute atomic E-state index is 0.637. The highest BCUT2D eigenvalue weighted by Crippen LogP contribution is 2.19. The lowest BCUT2D eigenvalue weighted by Crippen LogP contribution is -1.92. The zero-order chi connectivity index (χ0) is 9.97. The standard InChI is InChI=1S/C10H10N2O2/c1-2-10-12-8-4-3-7(11-6-13)5-9(8)14-10/h3-6H,2H2,1H3,(H,11,13). The molecule has 14 heavy (non-hydrogen) atoms. The Morgan fingerprint density at radius 2 is 2.43 bits per heavy atom. The van der Waals surface area contributed by atoms with E-state index < -0.39 is 0 Å². The average molecular weight is 190 g/mol. The summed E-state index contributed by atoms with van der Waals surface area (Å²) in [7, 11) is 0. The molecule has 0 bridgehead atoms. The van der Waals surface area contributed by atoms with E-state index in [0.29, 0.717) is 23.6 Å². The first-order valence-electron chi connectivity index (χ1n) is 4.43. The maximum atomic E-state index is 10.2. The number of nitrogens with zero attached hydrogens (tertiary/aromatic N) is 1. The second-order valence-corrected chi connectivity index (χ2v) is 2.91. The molecule has 0 spiro atoms. The van der Waals surface area contributed by atoms with Crippen LogP contribution in [0.4, 0.5) is 5.69 Å². The Hall–Kier alpha value is -1.84. The van der Waals surface area contributed by atoms with E-state index in [9.17, 15) is 4.79 Å². The van der Waals surface area contributed by atoms with Crippen LogP contribution in [0, 0.1) is 0 Å². The van der Waals surface area contributed by atoms with E-state index in [1.165, 1.54) is 0 Å². The van der Waals surface area contributed by atoms with Crippen LogP contribution in [0.15, 0.2) is 22.6 Å². The molecule has 0 fully saturated rings. The van der Waals surface area contributed by atoms with Gasteiger partial charge in [-0.15, -0.1) is 0 Å². The number of hydrogen-bond acceptors (Lipinski definition) is 3.